The molecule has 0 radical (unpaired) electrons. The van der Waals surface area contributed by atoms with Crippen molar-refractivity contribution in [3.63, 3.8) is 0 Å². The fourth-order valence-electron chi connectivity index (χ4n) is 2.58. The normalized spacial score (nSPS) is 11.5. The van der Waals surface area contributed by atoms with Crippen LogP contribution in [0.25, 0.3) is 5.69 Å². The summed E-state index contributed by atoms with van der Waals surface area (Å²) in [4.78, 5) is 12.3. The van der Waals surface area contributed by atoms with Gasteiger partial charge < -0.3 is 4.74 Å². The highest BCUT2D eigenvalue weighted by Crippen LogP contribution is 2.29. The maximum atomic E-state index is 12.8. The molecular formula is C19H15BrF3N3O2. The molecule has 0 saturated heterocycles. The quantitative estimate of drug-likeness (QED) is 0.520. The Hall–Kier alpha value is -2.68. The van der Waals surface area contributed by atoms with Gasteiger partial charge in [-0.3, -0.25) is 0 Å². The second-order valence-corrected chi connectivity index (χ2v) is 7.00. The lowest BCUT2D eigenvalue weighted by Gasteiger charge is -2.09. The summed E-state index contributed by atoms with van der Waals surface area (Å²) in [6, 6.07) is 10.2. The van der Waals surface area contributed by atoms with E-state index in [1.54, 1.807) is 6.92 Å². The monoisotopic (exact) mass is 453 g/mol. The summed E-state index contributed by atoms with van der Waals surface area (Å²) in [5, 5.41) is 7.84. The van der Waals surface area contributed by atoms with Gasteiger partial charge in [-0.15, -0.1) is 5.10 Å². The van der Waals surface area contributed by atoms with E-state index in [2.05, 4.69) is 26.2 Å². The molecule has 0 fully saturated rings. The molecule has 0 atom stereocenters. The number of carbonyl (C=O) groups excluding carboxylic acids is 1. The number of nitrogens with zero attached hydrogens (tertiary/aromatic N) is 3. The summed E-state index contributed by atoms with van der Waals surface area (Å²) >= 11 is 3.42. The van der Waals surface area contributed by atoms with Crippen LogP contribution in [0.5, 0.6) is 0 Å². The zero-order valence-corrected chi connectivity index (χ0v) is 16.5. The highest BCUT2D eigenvalue weighted by Gasteiger charge is 2.30. The van der Waals surface area contributed by atoms with Gasteiger partial charge in [-0.25, -0.2) is 9.48 Å². The number of aromatic nitrogens is 3. The minimum atomic E-state index is -4.46. The lowest BCUT2D eigenvalue weighted by Crippen LogP contribution is -2.09. The summed E-state index contributed by atoms with van der Waals surface area (Å²) in [5.41, 5.74) is 1.62. The number of rotatable bonds is 4. The van der Waals surface area contributed by atoms with E-state index >= 15 is 0 Å². The third-order valence-corrected chi connectivity index (χ3v) is 4.99. The fourth-order valence-corrected chi connectivity index (χ4v) is 2.82. The van der Waals surface area contributed by atoms with E-state index in [1.165, 1.54) is 16.8 Å². The fraction of sp³-hybridized carbons (Fsp3) is 0.211. The van der Waals surface area contributed by atoms with Gasteiger partial charge in [-0.05, 0) is 55.3 Å². The number of benzene rings is 2. The molecule has 1 heterocycles. The molecule has 0 spiro atoms. The van der Waals surface area contributed by atoms with Gasteiger partial charge in [-0.2, -0.15) is 13.2 Å². The molecule has 0 saturated carbocycles. The molecule has 0 bridgehead atoms. The first-order valence-electron chi connectivity index (χ1n) is 8.19. The van der Waals surface area contributed by atoms with Crippen molar-refractivity contribution in [1.82, 2.24) is 15.0 Å². The molecule has 28 heavy (non-hydrogen) atoms. The molecule has 0 aliphatic carbocycles. The highest BCUT2D eigenvalue weighted by molar-refractivity contribution is 9.10. The minimum absolute atomic E-state index is 0.00699. The lowest BCUT2D eigenvalue weighted by molar-refractivity contribution is -0.137. The smallest absolute Gasteiger partial charge is 0.416 e. The molecule has 146 valence electrons. The van der Waals surface area contributed by atoms with E-state index in [1.807, 2.05) is 25.1 Å². The Labute approximate surface area is 167 Å². The molecule has 2 aromatic carbocycles. The van der Waals surface area contributed by atoms with Crippen molar-refractivity contribution in [2.75, 3.05) is 0 Å². The van der Waals surface area contributed by atoms with E-state index in [4.69, 9.17) is 4.74 Å². The van der Waals surface area contributed by atoms with Crippen LogP contribution in [0, 0.1) is 13.8 Å². The van der Waals surface area contributed by atoms with Crippen LogP contribution in [0.15, 0.2) is 46.9 Å². The van der Waals surface area contributed by atoms with Gasteiger partial charge in [0.25, 0.3) is 0 Å². The maximum Gasteiger partial charge on any atom is 0.416 e. The summed E-state index contributed by atoms with van der Waals surface area (Å²) in [6.07, 6.45) is -4.46. The van der Waals surface area contributed by atoms with Crippen molar-refractivity contribution in [2.24, 2.45) is 0 Å². The zero-order valence-electron chi connectivity index (χ0n) is 14.9. The van der Waals surface area contributed by atoms with Gasteiger partial charge in [-0.1, -0.05) is 33.3 Å². The summed E-state index contributed by atoms with van der Waals surface area (Å²) in [5.74, 6) is -0.755. The molecule has 5 nitrogen and oxygen atoms in total. The van der Waals surface area contributed by atoms with E-state index in [-0.39, 0.29) is 17.9 Å². The Bertz CT molecular complexity index is 1030. The molecule has 0 aliphatic heterocycles. The van der Waals surface area contributed by atoms with E-state index in [9.17, 15) is 18.0 Å². The third kappa shape index (κ3) is 4.24. The number of hydrogen-bond acceptors (Lipinski definition) is 4. The maximum absolute atomic E-state index is 12.8. The molecule has 9 heteroatoms. The van der Waals surface area contributed by atoms with Crippen molar-refractivity contribution in [1.29, 1.82) is 0 Å². The number of hydrogen-bond donors (Lipinski definition) is 0. The van der Waals surface area contributed by atoms with Gasteiger partial charge >= 0.3 is 12.1 Å². The topological polar surface area (TPSA) is 57.0 Å². The molecule has 3 rings (SSSR count). The Kier molecular flexibility index (Phi) is 5.55. The predicted molar refractivity (Wildman–Crippen MR) is 99.1 cm³/mol. The standard InChI is InChI=1S/C19H15BrF3N3O2/c1-11-8-15(6-7-16(11)20)26-12(2)17(24-25-26)18(27)28-10-13-4-3-5-14(9-13)19(21,22)23/h3-9H,10H2,1-2H3. The van der Waals surface area contributed by atoms with Crippen LogP contribution in [0.2, 0.25) is 0 Å². The van der Waals surface area contributed by atoms with Crippen molar-refractivity contribution < 1.29 is 22.7 Å². The molecule has 0 aliphatic rings. The third-order valence-electron chi connectivity index (χ3n) is 4.10. The molecule has 0 amide bonds. The van der Waals surface area contributed by atoms with Crippen LogP contribution < -0.4 is 0 Å². The van der Waals surface area contributed by atoms with Crippen molar-refractivity contribution in [2.45, 2.75) is 26.6 Å². The van der Waals surface area contributed by atoms with Gasteiger partial charge in [0.15, 0.2) is 5.69 Å². The number of ether oxygens (including phenoxy) is 1. The minimum Gasteiger partial charge on any atom is -0.456 e. The number of carbonyl (C=O) groups is 1. The SMILES string of the molecule is Cc1cc(-n2nnc(C(=O)OCc3cccc(C(F)(F)F)c3)c2C)ccc1Br. The molecular weight excluding hydrogens is 439 g/mol. The molecule has 1 aromatic heterocycles. The zero-order chi connectivity index (χ0) is 20.5. The van der Waals surface area contributed by atoms with Gasteiger partial charge in [0.1, 0.15) is 6.61 Å². The van der Waals surface area contributed by atoms with Crippen LogP contribution in [0.4, 0.5) is 13.2 Å². The van der Waals surface area contributed by atoms with Crippen LogP contribution in [-0.4, -0.2) is 21.0 Å². The summed E-state index contributed by atoms with van der Waals surface area (Å²) in [7, 11) is 0. The van der Waals surface area contributed by atoms with Crippen LogP contribution >= 0.6 is 15.9 Å². The molecule has 3 aromatic rings. The van der Waals surface area contributed by atoms with Crippen molar-refractivity contribution in [3.8, 4) is 5.69 Å². The first kappa shape index (κ1) is 20.1. The lowest BCUT2D eigenvalue weighted by atomic mass is 10.1. The number of alkyl halides is 3. The van der Waals surface area contributed by atoms with Gasteiger partial charge in [0, 0.05) is 4.47 Å². The van der Waals surface area contributed by atoms with Gasteiger partial charge in [0.2, 0.25) is 0 Å². The van der Waals surface area contributed by atoms with Crippen LogP contribution in [0.1, 0.15) is 32.9 Å². The van der Waals surface area contributed by atoms with Crippen LogP contribution in [0.3, 0.4) is 0 Å². The van der Waals surface area contributed by atoms with Crippen LogP contribution in [-0.2, 0) is 17.5 Å². The number of esters is 1. The first-order chi connectivity index (χ1) is 13.2. The average Bonchev–Trinajstić information content (AvgIpc) is 3.03. The number of halogens is 4. The Morgan fingerprint density at radius 2 is 1.93 bits per heavy atom. The van der Waals surface area contributed by atoms with E-state index in [0.29, 0.717) is 5.69 Å². The largest absolute Gasteiger partial charge is 0.456 e. The average molecular weight is 454 g/mol. The van der Waals surface area contributed by atoms with E-state index < -0.39 is 17.7 Å². The summed E-state index contributed by atoms with van der Waals surface area (Å²) < 4.78 is 45.9. The Morgan fingerprint density at radius 1 is 1.18 bits per heavy atom. The molecule has 0 N–H and O–H groups in total. The van der Waals surface area contributed by atoms with Gasteiger partial charge in [0.05, 0.1) is 16.9 Å². The molecule has 0 unspecified atom stereocenters. The second kappa shape index (κ2) is 7.75. The van der Waals surface area contributed by atoms with Crippen molar-refractivity contribution >= 4 is 21.9 Å². The second-order valence-electron chi connectivity index (χ2n) is 6.14. The predicted octanol–water partition coefficient (Wildman–Crippen LogP) is 5.02. The first-order valence-corrected chi connectivity index (χ1v) is 8.98. The summed E-state index contributed by atoms with van der Waals surface area (Å²) in [6.45, 7) is 3.29. The highest BCUT2D eigenvalue weighted by atomic mass is 79.9. The van der Waals surface area contributed by atoms with E-state index in [0.717, 1.165) is 27.9 Å². The Balaban J connectivity index is 1.75. The Morgan fingerprint density at radius 3 is 2.61 bits per heavy atom. The number of aryl methyl sites for hydroxylation is 1. The van der Waals surface area contributed by atoms with Crippen molar-refractivity contribution in [3.05, 3.63) is 75.0 Å².